The Bertz CT molecular complexity index is 483. The molecule has 0 saturated carbocycles. The average Bonchev–Trinajstić information content (AvgIpc) is 2.81. The molecule has 96 valence electrons. The number of hydrogen-bond acceptors (Lipinski definition) is 4. The van der Waals surface area contributed by atoms with Crippen LogP contribution in [0.25, 0.3) is 0 Å². The van der Waals surface area contributed by atoms with Crippen molar-refractivity contribution in [3.05, 3.63) is 21.3 Å². The third kappa shape index (κ3) is 3.22. The third-order valence-electron chi connectivity index (χ3n) is 3.21. The highest BCUT2D eigenvalue weighted by molar-refractivity contribution is 7.91. The summed E-state index contributed by atoms with van der Waals surface area (Å²) < 4.78 is 22.8. The second-order valence-corrected chi connectivity index (χ2v) is 8.06. The molecule has 0 aliphatic carbocycles. The first-order chi connectivity index (χ1) is 8.02. The summed E-state index contributed by atoms with van der Waals surface area (Å²) in [7, 11) is -0.893. The van der Waals surface area contributed by atoms with E-state index in [4.69, 9.17) is 11.6 Å². The molecule has 2 heterocycles. The number of sulfone groups is 1. The summed E-state index contributed by atoms with van der Waals surface area (Å²) in [6.07, 6.45) is 1.62. The fourth-order valence-electron chi connectivity index (χ4n) is 2.30. The minimum Gasteiger partial charge on any atom is -0.312 e. The summed E-state index contributed by atoms with van der Waals surface area (Å²) >= 11 is 7.73. The zero-order chi connectivity index (χ0) is 12.5. The molecule has 0 aromatic carbocycles. The van der Waals surface area contributed by atoms with Gasteiger partial charge < -0.3 is 5.32 Å². The third-order valence-corrected chi connectivity index (χ3v) is 6.51. The van der Waals surface area contributed by atoms with Gasteiger partial charge in [0.25, 0.3) is 0 Å². The highest BCUT2D eigenvalue weighted by atomic mass is 35.5. The molecule has 0 spiro atoms. The van der Waals surface area contributed by atoms with E-state index in [1.165, 1.54) is 0 Å². The summed E-state index contributed by atoms with van der Waals surface area (Å²) in [5.41, 5.74) is 0. The molecule has 2 atom stereocenters. The van der Waals surface area contributed by atoms with Crippen LogP contribution >= 0.6 is 22.9 Å². The van der Waals surface area contributed by atoms with Crippen molar-refractivity contribution in [3.63, 3.8) is 0 Å². The molecule has 1 fully saturated rings. The van der Waals surface area contributed by atoms with E-state index in [0.717, 1.165) is 22.7 Å². The second kappa shape index (κ2) is 5.26. The molecule has 0 amide bonds. The SMILES string of the molecule is CNC(CC1CCS(=O)(=O)C1)c1sccc1Cl. The number of thiophene rings is 1. The van der Waals surface area contributed by atoms with Crippen LogP contribution in [-0.2, 0) is 9.84 Å². The van der Waals surface area contributed by atoms with Crippen molar-refractivity contribution in [3.8, 4) is 0 Å². The highest BCUT2D eigenvalue weighted by Crippen LogP contribution is 2.34. The molecule has 1 N–H and O–H groups in total. The van der Waals surface area contributed by atoms with Gasteiger partial charge >= 0.3 is 0 Å². The first kappa shape index (κ1) is 13.3. The van der Waals surface area contributed by atoms with Gasteiger partial charge in [-0.05, 0) is 37.3 Å². The Labute approximate surface area is 111 Å². The van der Waals surface area contributed by atoms with Crippen LogP contribution in [0.3, 0.4) is 0 Å². The molecule has 0 bridgehead atoms. The van der Waals surface area contributed by atoms with E-state index in [-0.39, 0.29) is 12.0 Å². The molecule has 2 rings (SSSR count). The summed E-state index contributed by atoms with van der Waals surface area (Å²) in [5.74, 6) is 0.927. The Morgan fingerprint density at radius 1 is 1.65 bits per heavy atom. The smallest absolute Gasteiger partial charge is 0.150 e. The standard InChI is InChI=1S/C11H16ClNO2S2/c1-13-10(11-9(12)2-4-16-11)6-8-3-5-17(14,15)7-8/h2,4,8,10,13H,3,5-7H2,1H3. The molecular weight excluding hydrogens is 278 g/mol. The van der Waals surface area contributed by atoms with E-state index in [1.54, 1.807) is 11.3 Å². The minimum absolute atomic E-state index is 0.167. The van der Waals surface area contributed by atoms with E-state index in [0.29, 0.717) is 11.5 Å². The molecule has 2 unspecified atom stereocenters. The Morgan fingerprint density at radius 3 is 2.88 bits per heavy atom. The van der Waals surface area contributed by atoms with E-state index < -0.39 is 9.84 Å². The molecule has 0 radical (unpaired) electrons. The quantitative estimate of drug-likeness (QED) is 0.928. The zero-order valence-electron chi connectivity index (χ0n) is 9.65. The van der Waals surface area contributed by atoms with Crippen LogP contribution < -0.4 is 5.32 Å². The molecule has 1 aromatic rings. The van der Waals surface area contributed by atoms with E-state index in [2.05, 4.69) is 5.32 Å². The lowest BCUT2D eigenvalue weighted by molar-refractivity contribution is 0.442. The van der Waals surface area contributed by atoms with Gasteiger partial charge in [0, 0.05) is 10.9 Å². The van der Waals surface area contributed by atoms with Gasteiger partial charge in [0.1, 0.15) is 0 Å². The van der Waals surface area contributed by atoms with Gasteiger partial charge in [-0.2, -0.15) is 0 Å². The van der Waals surface area contributed by atoms with Crippen molar-refractivity contribution < 1.29 is 8.42 Å². The van der Waals surface area contributed by atoms with Crippen LogP contribution in [0.2, 0.25) is 5.02 Å². The predicted octanol–water partition coefficient (Wildman–Crippen LogP) is 2.49. The van der Waals surface area contributed by atoms with Crippen molar-refractivity contribution in [1.29, 1.82) is 0 Å². The van der Waals surface area contributed by atoms with E-state index >= 15 is 0 Å². The molecule has 6 heteroatoms. The van der Waals surface area contributed by atoms with Gasteiger partial charge in [0.2, 0.25) is 0 Å². The maximum atomic E-state index is 11.4. The van der Waals surface area contributed by atoms with E-state index in [1.807, 2.05) is 18.5 Å². The molecule has 1 aromatic heterocycles. The molecule has 1 aliphatic heterocycles. The van der Waals surface area contributed by atoms with Crippen LogP contribution in [0.1, 0.15) is 23.8 Å². The van der Waals surface area contributed by atoms with Crippen molar-refractivity contribution in [2.75, 3.05) is 18.6 Å². The zero-order valence-corrected chi connectivity index (χ0v) is 12.0. The first-order valence-electron chi connectivity index (χ1n) is 5.62. The molecular formula is C11H16ClNO2S2. The van der Waals surface area contributed by atoms with Gasteiger partial charge in [0.05, 0.1) is 16.5 Å². The highest BCUT2D eigenvalue weighted by Gasteiger charge is 2.30. The largest absolute Gasteiger partial charge is 0.312 e. The number of nitrogens with one attached hydrogen (secondary N) is 1. The van der Waals surface area contributed by atoms with Crippen molar-refractivity contribution >= 4 is 32.8 Å². The Kier molecular flexibility index (Phi) is 4.13. The fraction of sp³-hybridized carbons (Fsp3) is 0.636. The second-order valence-electron chi connectivity index (χ2n) is 4.48. The molecule has 1 aliphatic rings. The lowest BCUT2D eigenvalue weighted by Gasteiger charge is -2.18. The number of rotatable bonds is 4. The number of hydrogen-bond donors (Lipinski definition) is 1. The maximum Gasteiger partial charge on any atom is 0.150 e. The lowest BCUT2D eigenvalue weighted by Crippen LogP contribution is -2.20. The molecule has 3 nitrogen and oxygen atoms in total. The monoisotopic (exact) mass is 293 g/mol. The fourth-order valence-corrected chi connectivity index (χ4v) is 5.49. The number of halogens is 1. The normalized spacial score (nSPS) is 24.9. The van der Waals surface area contributed by atoms with Gasteiger partial charge in [-0.3, -0.25) is 0 Å². The average molecular weight is 294 g/mol. The van der Waals surface area contributed by atoms with Crippen molar-refractivity contribution in [2.24, 2.45) is 5.92 Å². The summed E-state index contributed by atoms with van der Waals surface area (Å²) in [6, 6.07) is 2.05. The summed E-state index contributed by atoms with van der Waals surface area (Å²) in [5, 5.41) is 5.97. The van der Waals surface area contributed by atoms with Crippen LogP contribution in [0.5, 0.6) is 0 Å². The van der Waals surface area contributed by atoms with Crippen LogP contribution in [0, 0.1) is 5.92 Å². The van der Waals surface area contributed by atoms with Crippen molar-refractivity contribution in [2.45, 2.75) is 18.9 Å². The Morgan fingerprint density at radius 2 is 2.41 bits per heavy atom. The van der Waals surface area contributed by atoms with Crippen LogP contribution in [0.4, 0.5) is 0 Å². The van der Waals surface area contributed by atoms with Gasteiger partial charge in [-0.25, -0.2) is 8.42 Å². The predicted molar refractivity (Wildman–Crippen MR) is 72.5 cm³/mol. The summed E-state index contributed by atoms with van der Waals surface area (Å²) in [4.78, 5) is 1.11. The molecule has 1 saturated heterocycles. The van der Waals surface area contributed by atoms with Gasteiger partial charge in [-0.1, -0.05) is 11.6 Å². The molecule has 17 heavy (non-hydrogen) atoms. The Balaban J connectivity index is 2.04. The minimum atomic E-state index is -2.79. The maximum absolute atomic E-state index is 11.4. The lowest BCUT2D eigenvalue weighted by atomic mass is 9.98. The van der Waals surface area contributed by atoms with Gasteiger partial charge in [-0.15, -0.1) is 11.3 Å². The topological polar surface area (TPSA) is 46.2 Å². The first-order valence-corrected chi connectivity index (χ1v) is 8.70. The van der Waals surface area contributed by atoms with Gasteiger partial charge in [0.15, 0.2) is 9.84 Å². The van der Waals surface area contributed by atoms with Crippen molar-refractivity contribution in [1.82, 2.24) is 5.32 Å². The summed E-state index contributed by atoms with van der Waals surface area (Å²) in [6.45, 7) is 0. The van der Waals surface area contributed by atoms with Crippen LogP contribution in [-0.4, -0.2) is 27.0 Å². The Hall–Kier alpha value is -0.100. The van der Waals surface area contributed by atoms with E-state index in [9.17, 15) is 8.42 Å². The van der Waals surface area contributed by atoms with Crippen LogP contribution in [0.15, 0.2) is 11.4 Å².